The lowest BCUT2D eigenvalue weighted by atomic mass is 10.1. The molecule has 0 unspecified atom stereocenters. The molecule has 0 bridgehead atoms. The summed E-state index contributed by atoms with van der Waals surface area (Å²) in [6.07, 6.45) is 1.35. The maximum atomic E-state index is 11.4. The number of hydrogen-bond acceptors (Lipinski definition) is 3. The Labute approximate surface area is 130 Å². The summed E-state index contributed by atoms with van der Waals surface area (Å²) in [7, 11) is 0. The maximum absolute atomic E-state index is 11.4. The Balaban J connectivity index is 2.60. The largest absolute Gasteiger partial charge is 0.370 e. The molecule has 0 saturated carbocycles. The van der Waals surface area contributed by atoms with Crippen molar-refractivity contribution in [2.45, 2.75) is 26.2 Å². The summed E-state index contributed by atoms with van der Waals surface area (Å²) >= 11 is 5.23. The minimum atomic E-state index is -0.385. The van der Waals surface area contributed by atoms with Gasteiger partial charge in [-0.15, -0.1) is 0 Å². The third-order valence-electron chi connectivity index (χ3n) is 3.00. The number of benzene rings is 1. The van der Waals surface area contributed by atoms with E-state index in [9.17, 15) is 9.59 Å². The Hall–Kier alpha value is -1.95. The number of primary amides is 1. The molecule has 0 fully saturated rings. The number of amides is 2. The number of nitrogens with one attached hydrogen (secondary N) is 1. The Morgan fingerprint density at radius 1 is 1.24 bits per heavy atom. The summed E-state index contributed by atoms with van der Waals surface area (Å²) in [5.74, 6) is -0.520. The molecule has 21 heavy (non-hydrogen) atoms. The van der Waals surface area contributed by atoms with Crippen LogP contribution in [0.15, 0.2) is 30.3 Å². The molecule has 0 radical (unpaired) electrons. The Morgan fingerprint density at radius 2 is 1.90 bits per heavy atom. The van der Waals surface area contributed by atoms with Crippen LogP contribution in [0.3, 0.4) is 0 Å². The van der Waals surface area contributed by atoms with Crippen LogP contribution < -0.4 is 11.1 Å². The molecule has 0 saturated heterocycles. The molecule has 1 rings (SSSR count). The molecule has 0 aliphatic carbocycles. The standard InChI is InChI=1S/C15H21N3O2S/c1-2-14(20)17-15(21)18(11-9-13(16)19)10-8-12-6-4-3-5-7-12/h3-7H,2,8-11H2,1H3,(H2,16,19)(H,17,20,21). The average Bonchev–Trinajstić information content (AvgIpc) is 2.47. The van der Waals surface area contributed by atoms with Crippen molar-refractivity contribution in [3.05, 3.63) is 35.9 Å². The van der Waals surface area contributed by atoms with Crippen molar-refractivity contribution in [1.82, 2.24) is 10.2 Å². The van der Waals surface area contributed by atoms with Gasteiger partial charge in [-0.1, -0.05) is 37.3 Å². The lowest BCUT2D eigenvalue weighted by Gasteiger charge is -2.25. The van der Waals surface area contributed by atoms with Crippen LogP contribution in [0.2, 0.25) is 0 Å². The second kappa shape index (κ2) is 9.07. The van der Waals surface area contributed by atoms with E-state index in [-0.39, 0.29) is 18.2 Å². The zero-order valence-corrected chi connectivity index (χ0v) is 13.0. The van der Waals surface area contributed by atoms with Gasteiger partial charge < -0.3 is 16.0 Å². The Kier molecular flexibility index (Phi) is 7.39. The first kappa shape index (κ1) is 17.1. The molecule has 2 amide bonds. The van der Waals surface area contributed by atoms with Gasteiger partial charge in [-0.3, -0.25) is 9.59 Å². The number of carbonyl (C=O) groups is 2. The van der Waals surface area contributed by atoms with E-state index in [0.717, 1.165) is 6.42 Å². The normalized spacial score (nSPS) is 9.95. The number of thiocarbonyl (C=S) groups is 1. The van der Waals surface area contributed by atoms with Gasteiger partial charge in [0.2, 0.25) is 11.8 Å². The van der Waals surface area contributed by atoms with Gasteiger partial charge in [0.1, 0.15) is 0 Å². The molecule has 0 atom stereocenters. The van der Waals surface area contributed by atoms with Crippen LogP contribution in [0.1, 0.15) is 25.3 Å². The molecule has 0 aliphatic heterocycles. The molecule has 0 aromatic heterocycles. The second-order valence-electron chi connectivity index (χ2n) is 4.65. The van der Waals surface area contributed by atoms with Gasteiger partial charge in [0.15, 0.2) is 5.11 Å². The molecule has 6 heteroatoms. The van der Waals surface area contributed by atoms with E-state index in [4.69, 9.17) is 18.0 Å². The number of carbonyl (C=O) groups excluding carboxylic acids is 2. The highest BCUT2D eigenvalue weighted by molar-refractivity contribution is 7.80. The molecule has 0 heterocycles. The van der Waals surface area contributed by atoms with Crippen molar-refractivity contribution in [1.29, 1.82) is 0 Å². The molecule has 0 spiro atoms. The molecule has 114 valence electrons. The van der Waals surface area contributed by atoms with Crippen molar-refractivity contribution < 1.29 is 9.59 Å². The van der Waals surface area contributed by atoms with Crippen molar-refractivity contribution in [2.75, 3.05) is 13.1 Å². The van der Waals surface area contributed by atoms with Gasteiger partial charge in [-0.25, -0.2) is 0 Å². The number of nitrogens with two attached hydrogens (primary N) is 1. The van der Waals surface area contributed by atoms with Crippen LogP contribution in [-0.4, -0.2) is 34.9 Å². The number of nitrogens with zero attached hydrogens (tertiary/aromatic N) is 1. The first-order valence-corrected chi connectivity index (χ1v) is 7.34. The van der Waals surface area contributed by atoms with E-state index in [0.29, 0.717) is 24.6 Å². The lowest BCUT2D eigenvalue weighted by Crippen LogP contribution is -2.44. The van der Waals surface area contributed by atoms with Crippen molar-refractivity contribution in [3.8, 4) is 0 Å². The maximum Gasteiger partial charge on any atom is 0.225 e. The van der Waals surface area contributed by atoms with Crippen molar-refractivity contribution in [2.24, 2.45) is 5.73 Å². The molecule has 3 N–H and O–H groups in total. The molecule has 0 aliphatic rings. The Morgan fingerprint density at radius 3 is 2.48 bits per heavy atom. The quantitative estimate of drug-likeness (QED) is 0.743. The highest BCUT2D eigenvalue weighted by Crippen LogP contribution is 2.03. The predicted molar refractivity (Wildman–Crippen MR) is 86.6 cm³/mol. The van der Waals surface area contributed by atoms with Gasteiger partial charge in [-0.05, 0) is 24.2 Å². The van der Waals surface area contributed by atoms with Crippen LogP contribution in [-0.2, 0) is 16.0 Å². The molecule has 1 aromatic rings. The summed E-state index contributed by atoms with van der Waals surface area (Å²) in [4.78, 5) is 24.2. The van der Waals surface area contributed by atoms with Gasteiger partial charge in [0.05, 0.1) is 0 Å². The fourth-order valence-electron chi connectivity index (χ4n) is 1.76. The zero-order valence-electron chi connectivity index (χ0n) is 12.2. The third kappa shape index (κ3) is 6.85. The summed E-state index contributed by atoms with van der Waals surface area (Å²) in [6, 6.07) is 9.96. The van der Waals surface area contributed by atoms with Crippen molar-refractivity contribution in [3.63, 3.8) is 0 Å². The van der Waals surface area contributed by atoms with E-state index in [1.54, 1.807) is 11.8 Å². The summed E-state index contributed by atoms with van der Waals surface area (Å²) < 4.78 is 0. The van der Waals surface area contributed by atoms with E-state index in [1.165, 1.54) is 5.56 Å². The molecule has 1 aromatic carbocycles. The third-order valence-corrected chi connectivity index (χ3v) is 3.36. The average molecular weight is 307 g/mol. The van der Waals surface area contributed by atoms with Crippen molar-refractivity contribution >= 4 is 29.1 Å². The predicted octanol–water partition coefficient (Wildman–Crippen LogP) is 1.22. The fraction of sp³-hybridized carbons (Fsp3) is 0.400. The summed E-state index contributed by atoms with van der Waals surface area (Å²) in [6.45, 7) is 2.79. The first-order valence-electron chi connectivity index (χ1n) is 6.94. The van der Waals surface area contributed by atoms with Gasteiger partial charge in [0.25, 0.3) is 0 Å². The lowest BCUT2D eigenvalue weighted by molar-refractivity contribution is -0.119. The summed E-state index contributed by atoms with van der Waals surface area (Å²) in [5.41, 5.74) is 6.35. The SMILES string of the molecule is CCC(=O)NC(=S)N(CCC(N)=O)CCc1ccccc1. The van der Waals surface area contributed by atoms with Crippen LogP contribution >= 0.6 is 12.2 Å². The first-order chi connectivity index (χ1) is 10.0. The monoisotopic (exact) mass is 307 g/mol. The summed E-state index contributed by atoms with van der Waals surface area (Å²) in [5, 5.41) is 3.00. The van der Waals surface area contributed by atoms with Crippen LogP contribution in [0.4, 0.5) is 0 Å². The van der Waals surface area contributed by atoms with E-state index < -0.39 is 0 Å². The highest BCUT2D eigenvalue weighted by Gasteiger charge is 2.12. The smallest absolute Gasteiger partial charge is 0.225 e. The number of hydrogen-bond donors (Lipinski definition) is 2. The van der Waals surface area contributed by atoms with E-state index >= 15 is 0 Å². The molecular weight excluding hydrogens is 286 g/mol. The van der Waals surface area contributed by atoms with Gasteiger partial charge in [0, 0.05) is 25.9 Å². The Bertz CT molecular complexity index is 491. The minimum absolute atomic E-state index is 0.135. The van der Waals surface area contributed by atoms with Crippen LogP contribution in [0.5, 0.6) is 0 Å². The topological polar surface area (TPSA) is 75.4 Å². The minimum Gasteiger partial charge on any atom is -0.370 e. The highest BCUT2D eigenvalue weighted by atomic mass is 32.1. The molecule has 5 nitrogen and oxygen atoms in total. The molecular formula is C15H21N3O2S. The zero-order chi connectivity index (χ0) is 15.7. The van der Waals surface area contributed by atoms with Crippen LogP contribution in [0.25, 0.3) is 0 Å². The second-order valence-corrected chi connectivity index (χ2v) is 5.03. The van der Waals surface area contributed by atoms with Crippen LogP contribution in [0, 0.1) is 0 Å². The number of rotatable bonds is 7. The fourth-order valence-corrected chi connectivity index (χ4v) is 2.05. The van der Waals surface area contributed by atoms with E-state index in [2.05, 4.69) is 5.32 Å². The van der Waals surface area contributed by atoms with Gasteiger partial charge in [-0.2, -0.15) is 0 Å². The van der Waals surface area contributed by atoms with E-state index in [1.807, 2.05) is 30.3 Å². The van der Waals surface area contributed by atoms with Gasteiger partial charge >= 0.3 is 0 Å².